The first-order chi connectivity index (χ1) is 15.1. The van der Waals surface area contributed by atoms with E-state index in [4.69, 9.17) is 9.84 Å². The second kappa shape index (κ2) is 11.5. The number of hydrogen-bond donors (Lipinski definition) is 1. The quantitative estimate of drug-likeness (QED) is 0.318. The molecule has 168 valence electrons. The van der Waals surface area contributed by atoms with Crippen molar-refractivity contribution < 1.29 is 37.7 Å². The maximum atomic E-state index is 13.3. The molecule has 2 aromatic carbocycles. The Hall–Kier alpha value is -3.05. The van der Waals surface area contributed by atoms with E-state index < -0.39 is 29.3 Å². The lowest BCUT2D eigenvalue weighted by Gasteiger charge is -2.10. The monoisotopic (exact) mass is 573 g/mol. The summed E-state index contributed by atoms with van der Waals surface area (Å²) in [5.74, 6) is -2.35. The van der Waals surface area contributed by atoms with E-state index in [2.05, 4.69) is 46.3 Å². The number of hydrogen-bond acceptors (Lipinski definition) is 7. The van der Waals surface area contributed by atoms with Crippen LogP contribution in [-0.4, -0.2) is 36.2 Å². The molecular formula is C21H15Br2F2NO6. The van der Waals surface area contributed by atoms with Crippen LogP contribution in [-0.2, 0) is 9.47 Å². The van der Waals surface area contributed by atoms with Crippen LogP contribution >= 0.6 is 31.9 Å². The number of carbonyl (C=O) groups excluding carboxylic acids is 2. The summed E-state index contributed by atoms with van der Waals surface area (Å²) in [5.41, 5.74) is 0.0943. The SMILES string of the molecule is COC(=O)c1ccc(F)cc1O.COC(=O)c1ccc(F)cc1Oc1cc(Br)nc(Br)c1. The Bertz CT molecular complexity index is 1120. The number of nitrogens with zero attached hydrogens (tertiary/aromatic N) is 1. The van der Waals surface area contributed by atoms with Crippen molar-refractivity contribution in [2.24, 2.45) is 0 Å². The molecule has 0 unspecified atom stereocenters. The van der Waals surface area contributed by atoms with Crippen LogP contribution in [0.25, 0.3) is 0 Å². The fourth-order valence-electron chi connectivity index (χ4n) is 2.28. The van der Waals surface area contributed by atoms with E-state index in [9.17, 15) is 18.4 Å². The number of pyridine rings is 1. The molecule has 0 atom stereocenters. The number of aromatic nitrogens is 1. The molecule has 1 heterocycles. The van der Waals surface area contributed by atoms with Crippen molar-refractivity contribution in [3.8, 4) is 17.2 Å². The van der Waals surface area contributed by atoms with Gasteiger partial charge in [-0.15, -0.1) is 0 Å². The van der Waals surface area contributed by atoms with Crippen molar-refractivity contribution in [2.75, 3.05) is 14.2 Å². The molecule has 1 N–H and O–H groups in total. The lowest BCUT2D eigenvalue weighted by Crippen LogP contribution is -2.04. The summed E-state index contributed by atoms with van der Waals surface area (Å²) in [7, 11) is 2.43. The Morgan fingerprint density at radius 2 is 1.34 bits per heavy atom. The molecular weight excluding hydrogens is 560 g/mol. The number of esters is 2. The lowest BCUT2D eigenvalue weighted by molar-refractivity contribution is 0.0588. The van der Waals surface area contributed by atoms with Gasteiger partial charge in [-0.2, -0.15) is 0 Å². The van der Waals surface area contributed by atoms with E-state index in [1.165, 1.54) is 20.3 Å². The molecule has 0 amide bonds. The summed E-state index contributed by atoms with van der Waals surface area (Å²) >= 11 is 6.43. The summed E-state index contributed by atoms with van der Waals surface area (Å²) < 4.78 is 41.3. The van der Waals surface area contributed by atoms with Crippen molar-refractivity contribution in [2.45, 2.75) is 0 Å². The molecule has 7 nitrogen and oxygen atoms in total. The number of halogens is 4. The third kappa shape index (κ3) is 6.99. The van der Waals surface area contributed by atoms with Gasteiger partial charge in [0.25, 0.3) is 0 Å². The number of ether oxygens (including phenoxy) is 3. The molecule has 0 saturated heterocycles. The zero-order chi connectivity index (χ0) is 23.8. The summed E-state index contributed by atoms with van der Waals surface area (Å²) in [6.45, 7) is 0. The summed E-state index contributed by atoms with van der Waals surface area (Å²) in [6, 6.07) is 9.87. The third-order valence-corrected chi connectivity index (χ3v) is 4.49. The molecule has 0 spiro atoms. The number of benzene rings is 2. The van der Waals surface area contributed by atoms with Crippen molar-refractivity contribution in [3.63, 3.8) is 0 Å². The minimum Gasteiger partial charge on any atom is -0.507 e. The molecule has 11 heteroatoms. The minimum absolute atomic E-state index is 0.0427. The fraction of sp³-hybridized carbons (Fsp3) is 0.0952. The molecule has 32 heavy (non-hydrogen) atoms. The van der Waals surface area contributed by atoms with Gasteiger partial charge in [-0.3, -0.25) is 0 Å². The maximum absolute atomic E-state index is 13.3. The number of carbonyl (C=O) groups is 2. The topological polar surface area (TPSA) is 95.0 Å². The minimum atomic E-state index is -0.688. The highest BCUT2D eigenvalue weighted by atomic mass is 79.9. The van der Waals surface area contributed by atoms with E-state index in [0.29, 0.717) is 15.0 Å². The first kappa shape index (κ1) is 25.2. The standard InChI is InChI=1S/C13H8Br2FNO3.C8H7FO3/c1-19-13(18)9-3-2-7(16)4-10(9)20-8-5-11(14)17-12(15)6-8;1-12-8(11)6-3-2-5(9)4-7(6)10/h2-6H,1H3;2-4,10H,1H3. The highest BCUT2D eigenvalue weighted by Crippen LogP contribution is 2.30. The molecule has 0 radical (unpaired) electrons. The lowest BCUT2D eigenvalue weighted by atomic mass is 10.2. The fourth-order valence-corrected chi connectivity index (χ4v) is 3.35. The number of rotatable bonds is 4. The van der Waals surface area contributed by atoms with Crippen LogP contribution in [0.1, 0.15) is 20.7 Å². The number of phenolic OH excluding ortho intramolecular Hbond substituents is 1. The van der Waals surface area contributed by atoms with Gasteiger partial charge in [0.2, 0.25) is 0 Å². The first-order valence-electron chi connectivity index (χ1n) is 8.60. The van der Waals surface area contributed by atoms with Gasteiger partial charge in [-0.05, 0) is 56.1 Å². The predicted octanol–water partition coefficient (Wildman–Crippen LogP) is 5.64. The molecule has 1 aromatic heterocycles. The van der Waals surface area contributed by atoms with Crippen molar-refractivity contribution in [1.82, 2.24) is 4.98 Å². The summed E-state index contributed by atoms with van der Waals surface area (Å²) in [5, 5.41) is 9.05. The average molecular weight is 575 g/mol. The maximum Gasteiger partial charge on any atom is 0.341 e. The first-order valence-corrected chi connectivity index (χ1v) is 10.2. The van der Waals surface area contributed by atoms with Gasteiger partial charge in [0.05, 0.1) is 14.2 Å². The van der Waals surface area contributed by atoms with Gasteiger partial charge in [0.15, 0.2) is 0 Å². The van der Waals surface area contributed by atoms with Crippen LogP contribution in [0.5, 0.6) is 17.2 Å². The Morgan fingerprint density at radius 1 is 0.844 bits per heavy atom. The molecule has 0 saturated carbocycles. The van der Waals surface area contributed by atoms with Crippen LogP contribution in [0, 0.1) is 11.6 Å². The second-order valence-electron chi connectivity index (χ2n) is 5.84. The van der Waals surface area contributed by atoms with E-state index in [1.807, 2.05) is 0 Å². The second-order valence-corrected chi connectivity index (χ2v) is 7.46. The Balaban J connectivity index is 0.000000258. The van der Waals surface area contributed by atoms with Crippen LogP contribution < -0.4 is 4.74 Å². The van der Waals surface area contributed by atoms with E-state index in [-0.39, 0.29) is 16.9 Å². The molecule has 0 bridgehead atoms. The summed E-state index contributed by atoms with van der Waals surface area (Å²) in [6.07, 6.45) is 0. The van der Waals surface area contributed by atoms with Gasteiger partial charge in [-0.1, -0.05) is 0 Å². The highest BCUT2D eigenvalue weighted by molar-refractivity contribution is 9.11. The predicted molar refractivity (Wildman–Crippen MR) is 117 cm³/mol. The van der Waals surface area contributed by atoms with Gasteiger partial charge >= 0.3 is 11.9 Å². The van der Waals surface area contributed by atoms with E-state index in [0.717, 1.165) is 30.3 Å². The molecule has 0 aliphatic heterocycles. The molecule has 3 aromatic rings. The Morgan fingerprint density at radius 3 is 1.88 bits per heavy atom. The highest BCUT2D eigenvalue weighted by Gasteiger charge is 2.15. The van der Waals surface area contributed by atoms with Crippen molar-refractivity contribution in [1.29, 1.82) is 0 Å². The largest absolute Gasteiger partial charge is 0.507 e. The van der Waals surface area contributed by atoms with Crippen LogP contribution in [0.3, 0.4) is 0 Å². The summed E-state index contributed by atoms with van der Waals surface area (Å²) in [4.78, 5) is 26.5. The number of phenols is 1. The van der Waals surface area contributed by atoms with Crippen LogP contribution in [0.15, 0.2) is 57.7 Å². The van der Waals surface area contributed by atoms with Gasteiger partial charge in [0.1, 0.15) is 49.2 Å². The molecule has 0 aliphatic carbocycles. The smallest absolute Gasteiger partial charge is 0.341 e. The van der Waals surface area contributed by atoms with E-state index in [1.54, 1.807) is 12.1 Å². The Kier molecular flexibility index (Phi) is 9.09. The number of aromatic hydroxyl groups is 1. The van der Waals surface area contributed by atoms with Crippen LogP contribution in [0.2, 0.25) is 0 Å². The van der Waals surface area contributed by atoms with Crippen molar-refractivity contribution >= 4 is 43.8 Å². The van der Waals surface area contributed by atoms with E-state index >= 15 is 0 Å². The van der Waals surface area contributed by atoms with Gasteiger partial charge in [-0.25, -0.2) is 23.4 Å². The zero-order valence-electron chi connectivity index (χ0n) is 16.6. The third-order valence-electron chi connectivity index (χ3n) is 3.68. The van der Waals surface area contributed by atoms with Gasteiger partial charge in [0, 0.05) is 24.3 Å². The van der Waals surface area contributed by atoms with Crippen LogP contribution in [0.4, 0.5) is 8.78 Å². The number of methoxy groups -OCH3 is 2. The molecule has 0 aliphatic rings. The van der Waals surface area contributed by atoms with Crippen molar-refractivity contribution in [3.05, 3.63) is 80.5 Å². The molecule has 0 fully saturated rings. The Labute approximate surface area is 198 Å². The average Bonchev–Trinajstić information content (AvgIpc) is 2.72. The molecule has 3 rings (SSSR count). The normalized spacial score (nSPS) is 9.94. The van der Waals surface area contributed by atoms with Gasteiger partial charge < -0.3 is 19.3 Å². The zero-order valence-corrected chi connectivity index (χ0v) is 19.7.